The minimum Gasteiger partial charge on any atom is -0.416 e. The van der Waals surface area contributed by atoms with Crippen LogP contribution >= 0.6 is 11.3 Å². The number of amidine groups is 1. The molecule has 0 bridgehead atoms. The quantitative estimate of drug-likeness (QED) is 0.176. The van der Waals surface area contributed by atoms with Gasteiger partial charge in [0.15, 0.2) is 0 Å². The lowest BCUT2D eigenvalue weighted by atomic mass is 9.72. The standard InChI is InChI=1S/C53H44N5S/c54-30-32-25-39(31-55)50-47(26-32)45-27-37(23-24-48(45)59-50)44-28-38(29-46-42-17-8-7-15-40(42)41-16-9-10-18-43(41)49(44)46)53-57-51(35-13-5-2-6-14-35)56-52(58-53)36-21-19-34(20-22-36)33-11-3-1-4-12-33/h2-3,5-8,11,13-15,17,19-21,23-28,33,36,38,51,53,57H,1,4,9-10,12,16,18,22,29H2/q-1/p+1. The third-order valence-electron chi connectivity index (χ3n) is 13.5. The number of hydrogen-bond donors (Lipinski definition) is 1. The van der Waals surface area contributed by atoms with E-state index >= 15 is 0 Å². The fourth-order valence-electron chi connectivity index (χ4n) is 10.6. The number of aryl methyl sites for hydroxylation is 1. The molecule has 5 atom stereocenters. The van der Waals surface area contributed by atoms with E-state index in [2.05, 4.69) is 127 Å². The molecule has 0 saturated carbocycles. The average molecular weight is 784 g/mol. The lowest BCUT2D eigenvalue weighted by molar-refractivity contribution is -0.725. The Hall–Kier alpha value is -6.05. The van der Waals surface area contributed by atoms with Gasteiger partial charge in [-0.15, -0.1) is 11.3 Å². The average Bonchev–Trinajstić information content (AvgIpc) is 3.69. The molecule has 4 aliphatic carbocycles. The first kappa shape index (κ1) is 36.1. The number of rotatable bonds is 5. The van der Waals surface area contributed by atoms with Gasteiger partial charge in [-0.05, 0) is 138 Å². The summed E-state index contributed by atoms with van der Waals surface area (Å²) in [6, 6.07) is 35.1. The van der Waals surface area contributed by atoms with Crippen molar-refractivity contribution in [2.45, 2.75) is 70.1 Å². The largest absolute Gasteiger partial charge is 0.416 e. The molecule has 5 unspecified atom stereocenters. The van der Waals surface area contributed by atoms with Crippen LogP contribution in [0.1, 0.15) is 89.2 Å². The molecule has 0 amide bonds. The third kappa shape index (κ3) is 6.34. The van der Waals surface area contributed by atoms with Gasteiger partial charge in [0.05, 0.1) is 21.9 Å². The normalized spacial score (nSPS) is 23.7. The number of hydrogen-bond acceptors (Lipinski definition) is 4. The number of nitrogens with two attached hydrogens (primary N) is 1. The number of benzene rings is 5. The van der Waals surface area contributed by atoms with E-state index in [1.54, 1.807) is 17.4 Å². The first-order valence-electron chi connectivity index (χ1n) is 21.5. The zero-order chi connectivity index (χ0) is 39.5. The Kier molecular flexibility index (Phi) is 9.14. The lowest BCUT2D eigenvalue weighted by Crippen LogP contribution is -2.93. The number of quaternary nitrogens is 1. The molecule has 1 aliphatic heterocycles. The molecule has 0 fully saturated rings. The summed E-state index contributed by atoms with van der Waals surface area (Å²) >= 11 is 1.64. The van der Waals surface area contributed by atoms with Gasteiger partial charge in [0.25, 0.3) is 0 Å². The van der Waals surface area contributed by atoms with Crippen LogP contribution in [0.15, 0.2) is 132 Å². The first-order chi connectivity index (χ1) is 29.1. The second-order valence-corrected chi connectivity index (χ2v) is 18.0. The van der Waals surface area contributed by atoms with Crippen molar-refractivity contribution in [3.8, 4) is 12.1 Å². The smallest absolute Gasteiger partial charge is 0.125 e. The molecule has 59 heavy (non-hydrogen) atoms. The molecule has 0 spiro atoms. The zero-order valence-electron chi connectivity index (χ0n) is 33.1. The number of fused-ring (bicyclic) bond motifs is 9. The SMILES string of the molecule is N#Cc1cc(C#N)c2sc3ccc(C4=CC(C5N=C(C6C=CC(C7C=CCCC7)=CC6)[N-]C(c6ccccc6)[NH2+]5)Cc5c4c4c(c6ccccc56)CCCC4)cc3c2c1. The molecule has 11 rings (SSSR count). The van der Waals surface area contributed by atoms with E-state index in [9.17, 15) is 10.5 Å². The molecular formula is C53H45N5S. The zero-order valence-corrected chi connectivity index (χ0v) is 33.9. The van der Waals surface area contributed by atoms with Crippen LogP contribution in [0.4, 0.5) is 0 Å². The number of nitrogens with zero attached hydrogens (tertiary/aromatic N) is 4. The topological polar surface area (TPSA) is 90.6 Å². The van der Waals surface area contributed by atoms with E-state index < -0.39 is 0 Å². The van der Waals surface area contributed by atoms with Gasteiger partial charge in [-0.25, -0.2) is 0 Å². The second kappa shape index (κ2) is 15.0. The molecular weight excluding hydrogens is 739 g/mol. The van der Waals surface area contributed by atoms with Gasteiger partial charge in [0.1, 0.15) is 18.4 Å². The Morgan fingerprint density at radius 1 is 0.780 bits per heavy atom. The van der Waals surface area contributed by atoms with Gasteiger partial charge in [-0.3, -0.25) is 0 Å². The molecule has 6 aromatic rings. The van der Waals surface area contributed by atoms with Crippen molar-refractivity contribution in [3.05, 3.63) is 177 Å². The summed E-state index contributed by atoms with van der Waals surface area (Å²) < 4.78 is 2.07. The Morgan fingerprint density at radius 3 is 2.39 bits per heavy atom. The lowest BCUT2D eigenvalue weighted by Gasteiger charge is -2.43. The van der Waals surface area contributed by atoms with E-state index in [4.69, 9.17) is 10.3 Å². The van der Waals surface area contributed by atoms with E-state index in [0.29, 0.717) is 17.0 Å². The van der Waals surface area contributed by atoms with E-state index in [0.717, 1.165) is 51.7 Å². The molecule has 0 radical (unpaired) electrons. The van der Waals surface area contributed by atoms with Gasteiger partial charge >= 0.3 is 0 Å². The maximum Gasteiger partial charge on any atom is 0.125 e. The van der Waals surface area contributed by atoms with Crippen LogP contribution in [0.5, 0.6) is 0 Å². The third-order valence-corrected chi connectivity index (χ3v) is 14.7. The summed E-state index contributed by atoms with van der Waals surface area (Å²) in [5.41, 5.74) is 12.1. The van der Waals surface area contributed by atoms with E-state index in [1.165, 1.54) is 87.4 Å². The highest BCUT2D eigenvalue weighted by molar-refractivity contribution is 7.26. The maximum absolute atomic E-state index is 10.1. The Morgan fingerprint density at radius 2 is 1.61 bits per heavy atom. The maximum atomic E-state index is 10.1. The van der Waals surface area contributed by atoms with Crippen molar-refractivity contribution < 1.29 is 5.32 Å². The summed E-state index contributed by atoms with van der Waals surface area (Å²) in [7, 11) is 0. The monoisotopic (exact) mass is 783 g/mol. The second-order valence-electron chi connectivity index (χ2n) is 17.0. The van der Waals surface area contributed by atoms with Crippen LogP contribution in [-0.2, 0) is 19.3 Å². The molecule has 5 nitrogen and oxygen atoms in total. The highest BCUT2D eigenvalue weighted by Gasteiger charge is 2.35. The van der Waals surface area contributed by atoms with Crippen LogP contribution in [0.25, 0.3) is 41.8 Å². The van der Waals surface area contributed by atoms with Crippen molar-refractivity contribution >= 4 is 53.7 Å². The Labute approximate surface area is 349 Å². The highest BCUT2D eigenvalue weighted by Crippen LogP contribution is 2.47. The molecule has 5 aromatic carbocycles. The molecule has 2 heterocycles. The van der Waals surface area contributed by atoms with Crippen LogP contribution in [-0.4, -0.2) is 12.0 Å². The minimum atomic E-state index is -0.0792. The molecule has 288 valence electrons. The Bertz CT molecular complexity index is 2930. The van der Waals surface area contributed by atoms with Gasteiger partial charge < -0.3 is 15.6 Å². The van der Waals surface area contributed by atoms with Crippen LogP contribution in [0, 0.1) is 40.4 Å². The number of allylic oxidation sites excluding steroid dienone is 5. The summed E-state index contributed by atoms with van der Waals surface area (Å²) in [6.45, 7) is 0. The number of nitriles is 2. The fourth-order valence-corrected chi connectivity index (χ4v) is 11.8. The van der Waals surface area contributed by atoms with Gasteiger partial charge in [0.2, 0.25) is 0 Å². The van der Waals surface area contributed by atoms with Gasteiger partial charge in [-0.1, -0.05) is 103 Å². The first-order valence-corrected chi connectivity index (χ1v) is 22.3. The summed E-state index contributed by atoms with van der Waals surface area (Å²) in [4.78, 5) is 5.63. The van der Waals surface area contributed by atoms with Crippen LogP contribution < -0.4 is 5.32 Å². The number of thiophene rings is 1. The molecule has 0 saturated heterocycles. The minimum absolute atomic E-state index is 0.0622. The fraction of sp³-hybridized carbons (Fsp3) is 0.264. The molecule has 2 N–H and O–H groups in total. The summed E-state index contributed by atoms with van der Waals surface area (Å²) in [6.07, 6.45) is 24.4. The summed E-state index contributed by atoms with van der Waals surface area (Å²) in [5, 5.41) is 32.7. The van der Waals surface area contributed by atoms with Crippen molar-refractivity contribution in [3.63, 3.8) is 0 Å². The Balaban J connectivity index is 1.07. The van der Waals surface area contributed by atoms with Crippen LogP contribution in [0.3, 0.4) is 0 Å². The van der Waals surface area contributed by atoms with E-state index in [-0.39, 0.29) is 24.2 Å². The number of aliphatic imine (C=N–C) groups is 1. The molecule has 5 aliphatic rings. The van der Waals surface area contributed by atoms with Crippen LogP contribution in [0.2, 0.25) is 0 Å². The molecule has 1 aromatic heterocycles. The van der Waals surface area contributed by atoms with E-state index in [1.807, 2.05) is 6.07 Å². The highest BCUT2D eigenvalue weighted by atomic mass is 32.1. The van der Waals surface area contributed by atoms with Gasteiger partial charge in [-0.2, -0.15) is 10.5 Å². The van der Waals surface area contributed by atoms with Crippen molar-refractivity contribution in [2.24, 2.45) is 22.7 Å². The van der Waals surface area contributed by atoms with Crippen molar-refractivity contribution in [2.75, 3.05) is 0 Å². The van der Waals surface area contributed by atoms with Crippen molar-refractivity contribution in [1.82, 2.24) is 0 Å². The van der Waals surface area contributed by atoms with Gasteiger partial charge in [0, 0.05) is 32.9 Å². The predicted molar refractivity (Wildman–Crippen MR) is 241 cm³/mol. The van der Waals surface area contributed by atoms with Crippen molar-refractivity contribution in [1.29, 1.82) is 10.5 Å². The molecule has 6 heteroatoms. The predicted octanol–water partition coefficient (Wildman–Crippen LogP) is 11.7. The summed E-state index contributed by atoms with van der Waals surface area (Å²) in [5.74, 6) is 1.74.